The van der Waals surface area contributed by atoms with Crippen molar-refractivity contribution in [1.29, 1.82) is 0 Å². The molecule has 0 unspecified atom stereocenters. The van der Waals surface area contributed by atoms with Gasteiger partial charge in [-0.05, 0) is 36.5 Å². The molecule has 1 aromatic heterocycles. The number of benzene rings is 1. The van der Waals surface area contributed by atoms with Crippen molar-refractivity contribution in [3.63, 3.8) is 0 Å². The lowest BCUT2D eigenvalue weighted by atomic mass is 10.0. The molecule has 0 aliphatic carbocycles. The number of hydrogen-bond donors (Lipinski definition) is 1. The Bertz CT molecular complexity index is 606. The Labute approximate surface area is 130 Å². The first-order valence-electron chi connectivity index (χ1n) is 8.11. The van der Waals surface area contributed by atoms with Crippen molar-refractivity contribution in [2.24, 2.45) is 0 Å². The average molecular weight is 302 g/mol. The van der Waals surface area contributed by atoms with E-state index in [1.807, 2.05) is 12.1 Å². The lowest BCUT2D eigenvalue weighted by Gasteiger charge is -2.13. The van der Waals surface area contributed by atoms with E-state index in [2.05, 4.69) is 27.0 Å². The maximum Gasteiger partial charge on any atom is 0.147 e. The molecule has 3 rings (SSSR count). The molecule has 1 atom stereocenters. The molecule has 0 fully saturated rings. The highest BCUT2D eigenvalue weighted by Gasteiger charge is 2.14. The van der Waals surface area contributed by atoms with E-state index in [0.717, 1.165) is 43.3 Å². The number of aryl methyl sites for hydroxylation is 1. The third-order valence-electron chi connectivity index (χ3n) is 4.36. The normalized spacial score (nSPS) is 16.1. The second kappa shape index (κ2) is 7.01. The number of fused-ring (bicyclic) bond motifs is 1. The molecule has 0 saturated carbocycles. The van der Waals surface area contributed by atoms with E-state index < -0.39 is 0 Å². The van der Waals surface area contributed by atoms with Gasteiger partial charge in [-0.15, -0.1) is 10.2 Å². The van der Waals surface area contributed by atoms with Gasteiger partial charge in [-0.3, -0.25) is 0 Å². The van der Waals surface area contributed by atoms with Gasteiger partial charge in [0.1, 0.15) is 17.5 Å². The fraction of sp³-hybridized carbons (Fsp3) is 0.529. The predicted molar refractivity (Wildman–Crippen MR) is 84.1 cm³/mol. The third-order valence-corrected chi connectivity index (χ3v) is 4.36. The minimum atomic E-state index is -0.185. The van der Waals surface area contributed by atoms with E-state index in [-0.39, 0.29) is 5.82 Å². The van der Waals surface area contributed by atoms with Crippen molar-refractivity contribution >= 4 is 0 Å². The summed E-state index contributed by atoms with van der Waals surface area (Å²) in [5.74, 6) is 2.31. The minimum Gasteiger partial charge on any atom is -0.314 e. The Kier molecular flexibility index (Phi) is 4.83. The molecule has 2 aromatic rings. The summed E-state index contributed by atoms with van der Waals surface area (Å²) in [4.78, 5) is 0. The molecule has 0 saturated heterocycles. The van der Waals surface area contributed by atoms with Crippen LogP contribution in [0.25, 0.3) is 0 Å². The summed E-state index contributed by atoms with van der Waals surface area (Å²) >= 11 is 0. The highest BCUT2D eigenvalue weighted by Crippen LogP contribution is 2.16. The second-order valence-corrected chi connectivity index (χ2v) is 6.08. The van der Waals surface area contributed by atoms with Gasteiger partial charge in [-0.25, -0.2) is 4.39 Å². The lowest BCUT2D eigenvalue weighted by Crippen LogP contribution is -2.22. The molecule has 0 spiro atoms. The van der Waals surface area contributed by atoms with Crippen LogP contribution in [0.1, 0.15) is 49.3 Å². The van der Waals surface area contributed by atoms with Crippen molar-refractivity contribution in [1.82, 2.24) is 20.1 Å². The number of halogens is 1. The lowest BCUT2D eigenvalue weighted by molar-refractivity contribution is 0.553. The molecule has 1 aliphatic rings. The molecule has 1 aromatic carbocycles. The van der Waals surface area contributed by atoms with Crippen LogP contribution in [0.4, 0.5) is 4.39 Å². The van der Waals surface area contributed by atoms with Crippen LogP contribution in [0.5, 0.6) is 0 Å². The van der Waals surface area contributed by atoms with E-state index in [4.69, 9.17) is 0 Å². The predicted octanol–water partition coefficient (Wildman–Crippen LogP) is 3.04. The summed E-state index contributed by atoms with van der Waals surface area (Å²) in [5.41, 5.74) is 1.15. The highest BCUT2D eigenvalue weighted by molar-refractivity contribution is 5.20. The zero-order valence-corrected chi connectivity index (χ0v) is 13.1. The molecule has 4 nitrogen and oxygen atoms in total. The van der Waals surface area contributed by atoms with Crippen LogP contribution in [0, 0.1) is 5.82 Å². The van der Waals surface area contributed by atoms with Gasteiger partial charge < -0.3 is 9.88 Å². The molecule has 5 heteroatoms. The van der Waals surface area contributed by atoms with Gasteiger partial charge >= 0.3 is 0 Å². The average Bonchev–Trinajstić information content (AvgIpc) is 2.76. The number of aromatic nitrogens is 3. The molecule has 0 radical (unpaired) electrons. The molecular weight excluding hydrogens is 279 g/mol. The summed E-state index contributed by atoms with van der Waals surface area (Å²) in [6.45, 7) is 4.75. The molecule has 1 aliphatic heterocycles. The van der Waals surface area contributed by atoms with Crippen molar-refractivity contribution in [2.75, 3.05) is 6.54 Å². The number of rotatable bonds is 5. The van der Waals surface area contributed by atoms with Gasteiger partial charge in [-0.2, -0.15) is 0 Å². The van der Waals surface area contributed by atoms with Gasteiger partial charge in [0.2, 0.25) is 0 Å². The first-order chi connectivity index (χ1) is 10.7. The van der Waals surface area contributed by atoms with Crippen LogP contribution in [0.15, 0.2) is 24.3 Å². The summed E-state index contributed by atoms with van der Waals surface area (Å²) in [7, 11) is 0. The fourth-order valence-corrected chi connectivity index (χ4v) is 2.99. The monoisotopic (exact) mass is 302 g/mol. The number of nitrogens with one attached hydrogen (secondary N) is 1. The van der Waals surface area contributed by atoms with Crippen molar-refractivity contribution < 1.29 is 4.39 Å². The summed E-state index contributed by atoms with van der Waals surface area (Å²) in [6.07, 6.45) is 4.74. The molecule has 22 heavy (non-hydrogen) atoms. The first kappa shape index (κ1) is 15.2. The van der Waals surface area contributed by atoms with Crippen molar-refractivity contribution in [2.45, 2.75) is 51.6 Å². The maximum absolute atomic E-state index is 12.9. The van der Waals surface area contributed by atoms with E-state index in [9.17, 15) is 4.39 Å². The van der Waals surface area contributed by atoms with Gasteiger partial charge in [-0.1, -0.05) is 25.5 Å². The fourth-order valence-electron chi connectivity index (χ4n) is 2.99. The molecule has 0 bridgehead atoms. The quantitative estimate of drug-likeness (QED) is 0.923. The maximum atomic E-state index is 12.9. The summed E-state index contributed by atoms with van der Waals surface area (Å²) < 4.78 is 15.2. The topological polar surface area (TPSA) is 42.7 Å². The smallest absolute Gasteiger partial charge is 0.147 e. The van der Waals surface area contributed by atoms with Crippen LogP contribution in [-0.2, 0) is 19.5 Å². The standard InChI is InChI=1S/C17H23FN4/c1-13(14-6-8-15(18)9-7-14)11-19-12-17-21-20-16-5-3-2-4-10-22(16)17/h6-9,13,19H,2-5,10-12H2,1H3/t13-/m1/s1. The first-order valence-corrected chi connectivity index (χ1v) is 8.11. The van der Waals surface area contributed by atoms with E-state index in [1.54, 1.807) is 0 Å². The molecule has 118 valence electrons. The molecule has 0 amide bonds. The van der Waals surface area contributed by atoms with Gasteiger partial charge in [0, 0.05) is 19.5 Å². The highest BCUT2D eigenvalue weighted by atomic mass is 19.1. The van der Waals surface area contributed by atoms with Crippen LogP contribution in [-0.4, -0.2) is 21.3 Å². The Morgan fingerprint density at radius 1 is 1.18 bits per heavy atom. The SMILES string of the molecule is C[C@H](CNCc1nnc2n1CCCCC2)c1ccc(F)cc1. The third kappa shape index (κ3) is 3.53. The van der Waals surface area contributed by atoms with Crippen LogP contribution < -0.4 is 5.32 Å². The van der Waals surface area contributed by atoms with Crippen molar-refractivity contribution in [3.05, 3.63) is 47.3 Å². The Morgan fingerprint density at radius 3 is 2.82 bits per heavy atom. The Balaban J connectivity index is 1.55. The largest absolute Gasteiger partial charge is 0.314 e. The summed E-state index contributed by atoms with van der Waals surface area (Å²) in [6, 6.07) is 6.74. The zero-order valence-electron chi connectivity index (χ0n) is 13.1. The Hall–Kier alpha value is -1.75. The zero-order chi connectivity index (χ0) is 15.4. The molecular formula is C17H23FN4. The van der Waals surface area contributed by atoms with Gasteiger partial charge in [0.15, 0.2) is 0 Å². The van der Waals surface area contributed by atoms with E-state index >= 15 is 0 Å². The van der Waals surface area contributed by atoms with Crippen LogP contribution in [0.3, 0.4) is 0 Å². The van der Waals surface area contributed by atoms with Crippen LogP contribution >= 0.6 is 0 Å². The van der Waals surface area contributed by atoms with Crippen molar-refractivity contribution in [3.8, 4) is 0 Å². The second-order valence-electron chi connectivity index (χ2n) is 6.08. The molecule has 1 N–H and O–H groups in total. The molecule has 2 heterocycles. The Morgan fingerprint density at radius 2 is 2.00 bits per heavy atom. The van der Waals surface area contributed by atoms with Gasteiger partial charge in [0.05, 0.1) is 6.54 Å². The van der Waals surface area contributed by atoms with E-state index in [0.29, 0.717) is 5.92 Å². The minimum absolute atomic E-state index is 0.185. The van der Waals surface area contributed by atoms with Crippen LogP contribution in [0.2, 0.25) is 0 Å². The summed E-state index contributed by atoms with van der Waals surface area (Å²) in [5, 5.41) is 12.1. The number of hydrogen-bond acceptors (Lipinski definition) is 3. The number of nitrogens with zero attached hydrogens (tertiary/aromatic N) is 3. The van der Waals surface area contributed by atoms with E-state index in [1.165, 1.54) is 31.4 Å². The van der Waals surface area contributed by atoms with Gasteiger partial charge in [0.25, 0.3) is 0 Å².